The maximum atomic E-state index is 12.1. The standard InChI is InChI=1S/C19H14Cl2N2O2/c1-12-5-7-16(17(21)9-12)19(24)23-22-11-15-6-8-18(25-15)13-3-2-4-14(20)10-13/h2-11H,1H3,(H,23,24). The predicted molar refractivity (Wildman–Crippen MR) is 100 cm³/mol. The number of hydrogen-bond donors (Lipinski definition) is 1. The lowest BCUT2D eigenvalue weighted by Gasteiger charge is -2.03. The molecule has 0 fully saturated rings. The third kappa shape index (κ3) is 4.29. The highest BCUT2D eigenvalue weighted by Gasteiger charge is 2.09. The summed E-state index contributed by atoms with van der Waals surface area (Å²) in [5, 5.41) is 4.92. The molecule has 0 atom stereocenters. The summed E-state index contributed by atoms with van der Waals surface area (Å²) >= 11 is 12.0. The van der Waals surface area contributed by atoms with Crippen molar-refractivity contribution >= 4 is 35.3 Å². The lowest BCUT2D eigenvalue weighted by molar-refractivity contribution is 0.0955. The SMILES string of the molecule is Cc1ccc(C(=O)NN=Cc2ccc(-c3cccc(Cl)c3)o2)c(Cl)c1. The molecule has 1 aromatic heterocycles. The molecule has 1 heterocycles. The van der Waals surface area contributed by atoms with Crippen LogP contribution in [0.2, 0.25) is 10.0 Å². The first-order valence-electron chi connectivity index (χ1n) is 7.48. The van der Waals surface area contributed by atoms with Gasteiger partial charge in [-0.3, -0.25) is 4.79 Å². The van der Waals surface area contributed by atoms with Crippen LogP contribution in [0.3, 0.4) is 0 Å². The van der Waals surface area contributed by atoms with Crippen molar-refractivity contribution in [1.82, 2.24) is 5.43 Å². The molecule has 0 spiro atoms. The number of benzene rings is 2. The predicted octanol–water partition coefficient (Wildman–Crippen LogP) is 5.33. The molecule has 25 heavy (non-hydrogen) atoms. The van der Waals surface area contributed by atoms with Crippen LogP contribution in [0.4, 0.5) is 0 Å². The fraction of sp³-hybridized carbons (Fsp3) is 0.0526. The number of rotatable bonds is 4. The second-order valence-corrected chi connectivity index (χ2v) is 6.24. The molecule has 6 heteroatoms. The quantitative estimate of drug-likeness (QED) is 0.497. The fourth-order valence-electron chi connectivity index (χ4n) is 2.24. The summed E-state index contributed by atoms with van der Waals surface area (Å²) < 4.78 is 5.67. The lowest BCUT2D eigenvalue weighted by atomic mass is 10.1. The highest BCUT2D eigenvalue weighted by molar-refractivity contribution is 6.33. The Morgan fingerprint density at radius 2 is 1.96 bits per heavy atom. The van der Waals surface area contributed by atoms with Gasteiger partial charge in [-0.05, 0) is 48.9 Å². The molecule has 1 N–H and O–H groups in total. The molecule has 1 amide bonds. The summed E-state index contributed by atoms with van der Waals surface area (Å²) in [4.78, 5) is 12.1. The van der Waals surface area contributed by atoms with E-state index in [4.69, 9.17) is 27.6 Å². The summed E-state index contributed by atoms with van der Waals surface area (Å²) in [7, 11) is 0. The van der Waals surface area contributed by atoms with E-state index >= 15 is 0 Å². The van der Waals surface area contributed by atoms with Gasteiger partial charge < -0.3 is 4.42 Å². The van der Waals surface area contributed by atoms with E-state index in [-0.39, 0.29) is 5.91 Å². The Morgan fingerprint density at radius 3 is 2.72 bits per heavy atom. The highest BCUT2D eigenvalue weighted by atomic mass is 35.5. The molecule has 4 nitrogen and oxygen atoms in total. The van der Waals surface area contributed by atoms with Gasteiger partial charge in [0, 0.05) is 10.6 Å². The number of nitrogens with zero attached hydrogens (tertiary/aromatic N) is 1. The zero-order valence-electron chi connectivity index (χ0n) is 13.3. The molecule has 0 aliphatic carbocycles. The first-order chi connectivity index (χ1) is 12.0. The van der Waals surface area contributed by atoms with Crippen LogP contribution < -0.4 is 5.43 Å². The van der Waals surface area contributed by atoms with E-state index < -0.39 is 0 Å². The summed E-state index contributed by atoms with van der Waals surface area (Å²) in [6.07, 6.45) is 1.42. The molecule has 0 aliphatic rings. The van der Waals surface area contributed by atoms with Crippen molar-refractivity contribution in [2.75, 3.05) is 0 Å². The Labute approximate surface area is 155 Å². The number of halogens is 2. The molecule has 0 bridgehead atoms. The molecular weight excluding hydrogens is 359 g/mol. The van der Waals surface area contributed by atoms with Crippen molar-refractivity contribution in [3.63, 3.8) is 0 Å². The first kappa shape index (κ1) is 17.3. The third-order valence-corrected chi connectivity index (χ3v) is 4.01. The highest BCUT2D eigenvalue weighted by Crippen LogP contribution is 2.24. The van der Waals surface area contributed by atoms with E-state index in [1.54, 1.807) is 24.3 Å². The topological polar surface area (TPSA) is 54.6 Å². The Morgan fingerprint density at radius 1 is 1.12 bits per heavy atom. The van der Waals surface area contributed by atoms with Gasteiger partial charge >= 0.3 is 0 Å². The zero-order chi connectivity index (χ0) is 17.8. The van der Waals surface area contributed by atoms with Crippen LogP contribution in [0.15, 0.2) is 64.1 Å². The molecule has 2 aromatic carbocycles. The number of carbonyl (C=O) groups is 1. The van der Waals surface area contributed by atoms with Gasteiger partial charge in [-0.1, -0.05) is 41.4 Å². The van der Waals surface area contributed by atoms with Crippen LogP contribution >= 0.6 is 23.2 Å². The molecule has 3 aromatic rings. The number of amides is 1. The Bertz CT molecular complexity index is 948. The normalized spacial score (nSPS) is 11.0. The number of furan rings is 1. The van der Waals surface area contributed by atoms with Gasteiger partial charge in [0.05, 0.1) is 16.8 Å². The van der Waals surface area contributed by atoms with Gasteiger partial charge in [-0.2, -0.15) is 5.10 Å². The molecule has 0 radical (unpaired) electrons. The minimum Gasteiger partial charge on any atom is -0.455 e. The average molecular weight is 373 g/mol. The van der Waals surface area contributed by atoms with Crippen molar-refractivity contribution < 1.29 is 9.21 Å². The van der Waals surface area contributed by atoms with Crippen molar-refractivity contribution in [3.8, 4) is 11.3 Å². The number of aryl methyl sites for hydroxylation is 1. The largest absolute Gasteiger partial charge is 0.455 e. The van der Waals surface area contributed by atoms with Gasteiger partial charge in [0.15, 0.2) is 0 Å². The molecule has 0 saturated carbocycles. The van der Waals surface area contributed by atoms with Gasteiger partial charge in [-0.15, -0.1) is 0 Å². The number of hydrazone groups is 1. The van der Waals surface area contributed by atoms with Crippen LogP contribution in [-0.4, -0.2) is 12.1 Å². The second-order valence-electron chi connectivity index (χ2n) is 5.39. The summed E-state index contributed by atoms with van der Waals surface area (Å²) in [5.74, 6) is 0.782. The van der Waals surface area contributed by atoms with Gasteiger partial charge in [0.25, 0.3) is 5.91 Å². The van der Waals surface area contributed by atoms with Gasteiger partial charge in [0.2, 0.25) is 0 Å². The number of carbonyl (C=O) groups excluding carboxylic acids is 1. The van der Waals surface area contributed by atoms with Crippen molar-refractivity contribution in [1.29, 1.82) is 0 Å². The van der Waals surface area contributed by atoms with E-state index in [1.807, 2.05) is 37.3 Å². The minimum atomic E-state index is -0.386. The average Bonchev–Trinajstić information content (AvgIpc) is 3.03. The van der Waals surface area contributed by atoms with E-state index in [1.165, 1.54) is 6.21 Å². The van der Waals surface area contributed by atoms with E-state index in [0.29, 0.717) is 27.1 Å². The van der Waals surface area contributed by atoms with E-state index in [0.717, 1.165) is 11.1 Å². The molecule has 3 rings (SSSR count). The molecule has 126 valence electrons. The maximum Gasteiger partial charge on any atom is 0.272 e. The third-order valence-electron chi connectivity index (χ3n) is 3.46. The monoisotopic (exact) mass is 372 g/mol. The Hall–Kier alpha value is -2.56. The lowest BCUT2D eigenvalue weighted by Crippen LogP contribution is -2.18. The van der Waals surface area contributed by atoms with Crippen LogP contribution in [0, 0.1) is 6.92 Å². The second kappa shape index (κ2) is 7.55. The van der Waals surface area contributed by atoms with Crippen LogP contribution in [-0.2, 0) is 0 Å². The molecule has 0 saturated heterocycles. The van der Waals surface area contributed by atoms with E-state index in [9.17, 15) is 4.79 Å². The first-order valence-corrected chi connectivity index (χ1v) is 8.24. The Balaban J connectivity index is 1.68. The van der Waals surface area contributed by atoms with Crippen molar-refractivity contribution in [2.45, 2.75) is 6.92 Å². The maximum absolute atomic E-state index is 12.1. The smallest absolute Gasteiger partial charge is 0.272 e. The van der Waals surface area contributed by atoms with Crippen LogP contribution in [0.1, 0.15) is 21.7 Å². The molecule has 0 aliphatic heterocycles. The zero-order valence-corrected chi connectivity index (χ0v) is 14.8. The van der Waals surface area contributed by atoms with Crippen molar-refractivity contribution in [2.24, 2.45) is 5.10 Å². The molecular formula is C19H14Cl2N2O2. The van der Waals surface area contributed by atoms with Gasteiger partial charge in [0.1, 0.15) is 11.5 Å². The summed E-state index contributed by atoms with van der Waals surface area (Å²) in [6.45, 7) is 1.90. The molecule has 0 unspecified atom stereocenters. The summed E-state index contributed by atoms with van der Waals surface area (Å²) in [6, 6.07) is 16.1. The van der Waals surface area contributed by atoms with Gasteiger partial charge in [-0.25, -0.2) is 5.43 Å². The van der Waals surface area contributed by atoms with E-state index in [2.05, 4.69) is 10.5 Å². The number of hydrogen-bond acceptors (Lipinski definition) is 3. The van der Waals surface area contributed by atoms with Crippen LogP contribution in [0.25, 0.3) is 11.3 Å². The fourth-order valence-corrected chi connectivity index (χ4v) is 2.75. The Kier molecular flexibility index (Phi) is 5.22. The number of nitrogens with one attached hydrogen (secondary N) is 1. The minimum absolute atomic E-state index is 0.364. The van der Waals surface area contributed by atoms with Crippen molar-refractivity contribution in [3.05, 3.63) is 81.5 Å². The van der Waals surface area contributed by atoms with Crippen LogP contribution in [0.5, 0.6) is 0 Å². The summed E-state index contributed by atoms with van der Waals surface area (Å²) in [5.41, 5.74) is 4.64.